The van der Waals surface area contributed by atoms with Crippen LogP contribution in [0, 0.1) is 17.8 Å². The fourth-order valence-corrected chi connectivity index (χ4v) is 5.35. The lowest BCUT2D eigenvalue weighted by Gasteiger charge is -2.50. The Bertz CT molecular complexity index is 906. The first-order valence-corrected chi connectivity index (χ1v) is 12.2. The van der Waals surface area contributed by atoms with Gasteiger partial charge in [0.25, 0.3) is 0 Å². The molecule has 9 heteroatoms. The number of urea groups is 1. The van der Waals surface area contributed by atoms with Crippen LogP contribution in [0.1, 0.15) is 52.5 Å². The van der Waals surface area contributed by atoms with Crippen molar-refractivity contribution in [1.29, 1.82) is 0 Å². The largest absolute Gasteiger partial charge is 0.354 e. The summed E-state index contributed by atoms with van der Waals surface area (Å²) in [5, 5.41) is 5.21. The molecule has 8 nitrogen and oxygen atoms in total. The van der Waals surface area contributed by atoms with E-state index in [2.05, 4.69) is 24.6 Å². The van der Waals surface area contributed by atoms with Crippen LogP contribution in [0.2, 0.25) is 5.02 Å². The van der Waals surface area contributed by atoms with Gasteiger partial charge >= 0.3 is 6.03 Å². The molecule has 33 heavy (non-hydrogen) atoms. The van der Waals surface area contributed by atoms with E-state index >= 15 is 0 Å². The zero-order valence-electron chi connectivity index (χ0n) is 19.8. The molecule has 0 spiro atoms. The number of rotatable bonds is 6. The highest BCUT2D eigenvalue weighted by molar-refractivity contribution is 6.30. The molecule has 1 saturated carbocycles. The minimum atomic E-state index is -0.534. The van der Waals surface area contributed by atoms with Crippen LogP contribution in [0.15, 0.2) is 24.3 Å². The molecule has 0 radical (unpaired) electrons. The van der Waals surface area contributed by atoms with Crippen molar-refractivity contribution in [2.24, 2.45) is 17.8 Å². The monoisotopic (exact) mass is 475 g/mol. The van der Waals surface area contributed by atoms with Crippen molar-refractivity contribution >= 4 is 29.4 Å². The second-order valence-corrected chi connectivity index (χ2v) is 10.6. The van der Waals surface area contributed by atoms with E-state index in [0.717, 1.165) is 5.56 Å². The number of hydrogen-bond donors (Lipinski definition) is 2. The summed E-state index contributed by atoms with van der Waals surface area (Å²) in [7, 11) is 0. The molecule has 180 valence electrons. The van der Waals surface area contributed by atoms with Gasteiger partial charge in [-0.2, -0.15) is 5.43 Å². The standard InChI is InChI=1S/C24H34ClN5O3/c1-14(2)12-28-22(32)19-10-7-17(21(31)26-15(3)4)11-20(19)30-23(28)27-29(24(30)33)13-16-5-8-18(25)9-6-16/h5-6,8-9,14-15,17,19-20,23,27H,7,10-13H2,1-4H3,(H,26,31). The number of benzene rings is 1. The Morgan fingerprint density at radius 2 is 1.85 bits per heavy atom. The molecule has 0 bridgehead atoms. The number of carbonyl (C=O) groups excluding carboxylic acids is 3. The Balaban J connectivity index is 1.59. The molecule has 0 aromatic heterocycles. The van der Waals surface area contributed by atoms with E-state index in [1.165, 1.54) is 0 Å². The third-order valence-electron chi connectivity index (χ3n) is 6.67. The van der Waals surface area contributed by atoms with Crippen LogP contribution in [-0.2, 0) is 16.1 Å². The Kier molecular flexibility index (Phi) is 6.86. The van der Waals surface area contributed by atoms with E-state index in [-0.39, 0.29) is 47.7 Å². The predicted molar refractivity (Wildman–Crippen MR) is 126 cm³/mol. The van der Waals surface area contributed by atoms with Gasteiger partial charge in [-0.05, 0) is 56.7 Å². The van der Waals surface area contributed by atoms with Crippen LogP contribution in [0.4, 0.5) is 4.79 Å². The van der Waals surface area contributed by atoms with Crippen molar-refractivity contribution in [2.75, 3.05) is 6.54 Å². The molecule has 2 saturated heterocycles. The molecule has 2 aliphatic heterocycles. The second-order valence-electron chi connectivity index (χ2n) is 10.1. The number of nitrogens with zero attached hydrogens (tertiary/aromatic N) is 3. The third-order valence-corrected chi connectivity index (χ3v) is 6.93. The Morgan fingerprint density at radius 1 is 1.15 bits per heavy atom. The van der Waals surface area contributed by atoms with Gasteiger partial charge in [0.05, 0.1) is 12.5 Å². The molecule has 1 aromatic rings. The van der Waals surface area contributed by atoms with Crippen LogP contribution >= 0.6 is 11.6 Å². The first kappa shape index (κ1) is 23.8. The number of fused-ring (bicyclic) bond motifs is 3. The lowest BCUT2D eigenvalue weighted by atomic mass is 9.75. The molecule has 1 aliphatic carbocycles. The summed E-state index contributed by atoms with van der Waals surface area (Å²) in [5.74, 6) is -0.120. The maximum Gasteiger partial charge on any atom is 0.337 e. The third kappa shape index (κ3) is 4.82. The highest BCUT2D eigenvalue weighted by Crippen LogP contribution is 2.40. The van der Waals surface area contributed by atoms with Crippen LogP contribution in [-0.4, -0.2) is 57.6 Å². The summed E-state index contributed by atoms with van der Waals surface area (Å²) in [6, 6.07) is 6.99. The number of nitrogens with one attached hydrogen (secondary N) is 2. The second kappa shape index (κ2) is 9.50. The molecule has 3 fully saturated rings. The van der Waals surface area contributed by atoms with Crippen molar-refractivity contribution in [2.45, 2.75) is 71.9 Å². The maximum absolute atomic E-state index is 13.6. The quantitative estimate of drug-likeness (QED) is 0.661. The zero-order chi connectivity index (χ0) is 23.9. The summed E-state index contributed by atoms with van der Waals surface area (Å²) in [5.41, 5.74) is 4.22. The van der Waals surface area contributed by atoms with Gasteiger partial charge < -0.3 is 10.2 Å². The number of hydrazine groups is 1. The van der Waals surface area contributed by atoms with Crippen LogP contribution < -0.4 is 10.7 Å². The fourth-order valence-electron chi connectivity index (χ4n) is 5.23. The maximum atomic E-state index is 13.6. The SMILES string of the molecule is CC(C)CN1C(=O)C2CCC(C(=O)NC(C)C)CC2N2C(=O)N(Cc3ccc(Cl)cc3)NC12. The van der Waals surface area contributed by atoms with Gasteiger partial charge in [-0.25, -0.2) is 4.79 Å². The van der Waals surface area contributed by atoms with Crippen molar-refractivity contribution in [3.8, 4) is 0 Å². The average Bonchev–Trinajstić information content (AvgIpc) is 3.07. The smallest absolute Gasteiger partial charge is 0.337 e. The Morgan fingerprint density at radius 3 is 2.48 bits per heavy atom. The predicted octanol–water partition coefficient (Wildman–Crippen LogP) is 3.17. The number of carbonyl (C=O) groups is 3. The van der Waals surface area contributed by atoms with Crippen molar-refractivity contribution in [3.63, 3.8) is 0 Å². The Labute approximate surface area is 200 Å². The molecule has 1 aromatic carbocycles. The summed E-state index contributed by atoms with van der Waals surface area (Å²) in [6.45, 7) is 8.95. The zero-order valence-corrected chi connectivity index (χ0v) is 20.5. The van der Waals surface area contributed by atoms with Gasteiger partial charge in [-0.1, -0.05) is 37.6 Å². The molecule has 2 N–H and O–H groups in total. The molecular weight excluding hydrogens is 442 g/mol. The highest BCUT2D eigenvalue weighted by atomic mass is 35.5. The molecule has 3 aliphatic rings. The lowest BCUT2D eigenvalue weighted by Crippen LogP contribution is -2.67. The van der Waals surface area contributed by atoms with Gasteiger partial charge in [-0.3, -0.25) is 19.5 Å². The van der Waals surface area contributed by atoms with E-state index in [9.17, 15) is 14.4 Å². The number of hydrogen-bond acceptors (Lipinski definition) is 4. The topological polar surface area (TPSA) is 85.0 Å². The minimum Gasteiger partial charge on any atom is -0.354 e. The van der Waals surface area contributed by atoms with Crippen LogP contribution in [0.25, 0.3) is 0 Å². The first-order valence-electron chi connectivity index (χ1n) is 11.9. The van der Waals surface area contributed by atoms with Crippen molar-refractivity contribution in [3.05, 3.63) is 34.9 Å². The summed E-state index contributed by atoms with van der Waals surface area (Å²) in [6.07, 6.45) is 1.24. The first-order chi connectivity index (χ1) is 15.7. The van der Waals surface area contributed by atoms with Gasteiger partial charge in [0, 0.05) is 29.6 Å². The van der Waals surface area contributed by atoms with Gasteiger partial charge in [0.2, 0.25) is 11.8 Å². The van der Waals surface area contributed by atoms with E-state index in [1.54, 1.807) is 26.9 Å². The fraction of sp³-hybridized carbons (Fsp3) is 0.625. The molecule has 4 atom stereocenters. The summed E-state index contributed by atoms with van der Waals surface area (Å²) in [4.78, 5) is 43.4. The number of halogens is 1. The van der Waals surface area contributed by atoms with E-state index in [4.69, 9.17) is 11.6 Å². The van der Waals surface area contributed by atoms with Crippen LogP contribution in [0.5, 0.6) is 0 Å². The van der Waals surface area contributed by atoms with Gasteiger partial charge in [-0.15, -0.1) is 0 Å². The molecule has 4 amide bonds. The van der Waals surface area contributed by atoms with E-state index < -0.39 is 6.29 Å². The lowest BCUT2D eigenvalue weighted by molar-refractivity contribution is -0.159. The van der Waals surface area contributed by atoms with E-state index in [1.807, 2.05) is 26.0 Å². The van der Waals surface area contributed by atoms with Gasteiger partial charge in [0.15, 0.2) is 6.29 Å². The molecule has 4 unspecified atom stereocenters. The minimum absolute atomic E-state index is 0.00897. The molecule has 4 rings (SSSR count). The van der Waals surface area contributed by atoms with Crippen molar-refractivity contribution in [1.82, 2.24) is 25.6 Å². The molecule has 2 heterocycles. The van der Waals surface area contributed by atoms with Crippen LogP contribution in [0.3, 0.4) is 0 Å². The number of amides is 4. The summed E-state index contributed by atoms with van der Waals surface area (Å²) >= 11 is 6.01. The highest BCUT2D eigenvalue weighted by Gasteiger charge is 2.56. The molecular formula is C24H34ClN5O3. The summed E-state index contributed by atoms with van der Waals surface area (Å²) < 4.78 is 0. The average molecular weight is 476 g/mol. The van der Waals surface area contributed by atoms with E-state index in [0.29, 0.717) is 37.4 Å². The van der Waals surface area contributed by atoms with Crippen molar-refractivity contribution < 1.29 is 14.4 Å². The Hall–Kier alpha value is -2.32. The van der Waals surface area contributed by atoms with Gasteiger partial charge in [0.1, 0.15) is 0 Å². The normalized spacial score (nSPS) is 27.3.